The van der Waals surface area contributed by atoms with Crippen LogP contribution in [0.25, 0.3) is 0 Å². The zero-order chi connectivity index (χ0) is 14.0. The lowest BCUT2D eigenvalue weighted by Gasteiger charge is -2.10. The summed E-state index contributed by atoms with van der Waals surface area (Å²) >= 11 is 9.06. The normalized spacial score (nSPS) is 10.3. The predicted molar refractivity (Wildman–Crippen MR) is 76.0 cm³/mol. The van der Waals surface area contributed by atoms with Crippen LogP contribution in [0.2, 0.25) is 5.15 Å². The van der Waals surface area contributed by atoms with E-state index in [4.69, 9.17) is 11.6 Å². The number of nitrogens with one attached hydrogen (secondary N) is 1. The van der Waals surface area contributed by atoms with Gasteiger partial charge >= 0.3 is 0 Å². The van der Waals surface area contributed by atoms with E-state index in [2.05, 4.69) is 26.2 Å². The highest BCUT2D eigenvalue weighted by atomic mass is 79.9. The number of hydrogen-bond acceptors (Lipinski definition) is 2. The molecular formula is C13H9BrClFN2O. The SMILES string of the molecule is Cc1ccnc(Cl)c1NC(=O)c1c(F)cccc1Br. The second-order valence-corrected chi connectivity index (χ2v) is 5.06. The van der Waals surface area contributed by atoms with E-state index in [0.29, 0.717) is 10.2 Å². The topological polar surface area (TPSA) is 42.0 Å². The van der Waals surface area contributed by atoms with Crippen LogP contribution in [0.3, 0.4) is 0 Å². The molecule has 1 aromatic carbocycles. The maximum atomic E-state index is 13.7. The molecule has 98 valence electrons. The smallest absolute Gasteiger partial charge is 0.259 e. The number of halogens is 3. The average molecular weight is 344 g/mol. The molecule has 0 aliphatic carbocycles. The Hall–Kier alpha value is -1.46. The monoisotopic (exact) mass is 342 g/mol. The minimum Gasteiger partial charge on any atom is -0.319 e. The number of amides is 1. The van der Waals surface area contributed by atoms with Crippen molar-refractivity contribution >= 4 is 39.1 Å². The number of benzene rings is 1. The third kappa shape index (κ3) is 2.93. The molecule has 0 saturated carbocycles. The summed E-state index contributed by atoms with van der Waals surface area (Å²) in [5.41, 5.74) is 1.06. The Morgan fingerprint density at radius 3 is 2.79 bits per heavy atom. The van der Waals surface area contributed by atoms with Crippen molar-refractivity contribution in [2.45, 2.75) is 6.92 Å². The van der Waals surface area contributed by atoms with E-state index < -0.39 is 11.7 Å². The number of rotatable bonds is 2. The van der Waals surface area contributed by atoms with Crippen LogP contribution in [0.5, 0.6) is 0 Å². The number of anilines is 1. The fourth-order valence-corrected chi connectivity index (χ4v) is 2.34. The van der Waals surface area contributed by atoms with Crippen molar-refractivity contribution < 1.29 is 9.18 Å². The van der Waals surface area contributed by atoms with Gasteiger partial charge < -0.3 is 5.32 Å². The summed E-state index contributed by atoms with van der Waals surface area (Å²) in [5.74, 6) is -1.19. The lowest BCUT2D eigenvalue weighted by molar-refractivity contribution is 0.102. The molecule has 1 heterocycles. The number of nitrogens with zero attached hydrogens (tertiary/aromatic N) is 1. The molecule has 0 spiro atoms. The largest absolute Gasteiger partial charge is 0.319 e. The predicted octanol–water partition coefficient (Wildman–Crippen LogP) is 4.20. The quantitative estimate of drug-likeness (QED) is 0.831. The summed E-state index contributed by atoms with van der Waals surface area (Å²) in [5, 5.41) is 2.74. The van der Waals surface area contributed by atoms with Gasteiger partial charge in [-0.15, -0.1) is 0 Å². The molecule has 0 bridgehead atoms. The van der Waals surface area contributed by atoms with Gasteiger partial charge in [0.05, 0.1) is 11.3 Å². The molecule has 0 saturated heterocycles. The van der Waals surface area contributed by atoms with E-state index in [1.54, 1.807) is 19.1 Å². The van der Waals surface area contributed by atoms with E-state index in [9.17, 15) is 9.18 Å². The van der Waals surface area contributed by atoms with Crippen LogP contribution in [0.4, 0.5) is 10.1 Å². The van der Waals surface area contributed by atoms with Crippen LogP contribution < -0.4 is 5.32 Å². The van der Waals surface area contributed by atoms with Gasteiger partial charge in [0.25, 0.3) is 5.91 Å². The molecule has 0 aliphatic heterocycles. The third-order valence-electron chi connectivity index (χ3n) is 2.54. The van der Waals surface area contributed by atoms with Gasteiger partial charge in [-0.1, -0.05) is 17.7 Å². The second kappa shape index (κ2) is 5.67. The summed E-state index contributed by atoms with van der Waals surface area (Å²) in [6.45, 7) is 1.78. The molecule has 0 radical (unpaired) electrons. The second-order valence-electron chi connectivity index (χ2n) is 3.84. The Bertz CT molecular complexity index is 608. The number of aromatic nitrogens is 1. The summed E-state index contributed by atoms with van der Waals surface area (Å²) in [6, 6.07) is 6.03. The molecule has 3 nitrogen and oxygen atoms in total. The van der Waals surface area contributed by atoms with E-state index in [1.807, 2.05) is 0 Å². The maximum Gasteiger partial charge on any atom is 0.259 e. The molecule has 2 rings (SSSR count). The van der Waals surface area contributed by atoms with Gasteiger partial charge in [-0.25, -0.2) is 9.37 Å². The van der Waals surface area contributed by atoms with Crippen LogP contribution in [-0.4, -0.2) is 10.9 Å². The average Bonchev–Trinajstić information content (AvgIpc) is 2.34. The number of pyridine rings is 1. The standard InChI is InChI=1S/C13H9BrClFN2O/c1-7-5-6-17-12(15)11(7)18-13(19)10-8(14)3-2-4-9(10)16/h2-6H,1H3,(H,18,19). The highest BCUT2D eigenvalue weighted by Gasteiger charge is 2.17. The molecule has 1 amide bonds. The Balaban J connectivity index is 2.37. The van der Waals surface area contributed by atoms with Gasteiger partial charge in [0, 0.05) is 10.7 Å². The van der Waals surface area contributed by atoms with E-state index in [-0.39, 0.29) is 10.7 Å². The highest BCUT2D eigenvalue weighted by Crippen LogP contribution is 2.26. The van der Waals surface area contributed by atoms with Gasteiger partial charge in [-0.05, 0) is 46.6 Å². The van der Waals surface area contributed by atoms with Crippen LogP contribution in [0.15, 0.2) is 34.9 Å². The van der Waals surface area contributed by atoms with Gasteiger partial charge in [0.15, 0.2) is 5.15 Å². The summed E-state index contributed by atoms with van der Waals surface area (Å²) in [4.78, 5) is 16.0. The minimum atomic E-state index is -0.607. The van der Waals surface area contributed by atoms with Crippen molar-refractivity contribution in [2.24, 2.45) is 0 Å². The first-order valence-electron chi connectivity index (χ1n) is 5.37. The first-order chi connectivity index (χ1) is 9.00. The molecule has 6 heteroatoms. The van der Waals surface area contributed by atoms with E-state index >= 15 is 0 Å². The highest BCUT2D eigenvalue weighted by molar-refractivity contribution is 9.10. The molecule has 0 atom stereocenters. The lowest BCUT2D eigenvalue weighted by Crippen LogP contribution is -2.16. The van der Waals surface area contributed by atoms with Gasteiger partial charge in [0.2, 0.25) is 0 Å². The number of aryl methyl sites for hydroxylation is 1. The van der Waals surface area contributed by atoms with E-state index in [1.165, 1.54) is 18.3 Å². The number of carbonyl (C=O) groups is 1. The van der Waals surface area contributed by atoms with Gasteiger partial charge in [-0.3, -0.25) is 4.79 Å². The Kier molecular flexibility index (Phi) is 4.17. The van der Waals surface area contributed by atoms with Crippen LogP contribution >= 0.6 is 27.5 Å². The minimum absolute atomic E-state index is 0.0678. The summed E-state index contributed by atoms with van der Waals surface area (Å²) < 4.78 is 14.0. The Labute approximate surface area is 122 Å². The van der Waals surface area contributed by atoms with Crippen molar-refractivity contribution in [3.8, 4) is 0 Å². The van der Waals surface area contributed by atoms with Crippen LogP contribution in [0.1, 0.15) is 15.9 Å². The molecule has 1 N–H and O–H groups in total. The summed E-state index contributed by atoms with van der Waals surface area (Å²) in [7, 11) is 0. The van der Waals surface area contributed by atoms with Crippen LogP contribution in [-0.2, 0) is 0 Å². The maximum absolute atomic E-state index is 13.7. The van der Waals surface area contributed by atoms with Crippen molar-refractivity contribution in [1.29, 1.82) is 0 Å². The van der Waals surface area contributed by atoms with E-state index in [0.717, 1.165) is 5.56 Å². The van der Waals surface area contributed by atoms with Crippen molar-refractivity contribution in [1.82, 2.24) is 4.98 Å². The fourth-order valence-electron chi connectivity index (χ4n) is 1.57. The third-order valence-corrected chi connectivity index (χ3v) is 3.49. The Morgan fingerprint density at radius 1 is 1.42 bits per heavy atom. The van der Waals surface area contributed by atoms with Gasteiger partial charge in [0.1, 0.15) is 5.82 Å². The molecule has 19 heavy (non-hydrogen) atoms. The molecular weight excluding hydrogens is 335 g/mol. The van der Waals surface area contributed by atoms with Crippen molar-refractivity contribution in [3.05, 3.63) is 57.0 Å². The van der Waals surface area contributed by atoms with Crippen LogP contribution in [0, 0.1) is 12.7 Å². The summed E-state index contributed by atoms with van der Waals surface area (Å²) in [6.07, 6.45) is 1.53. The molecule has 0 unspecified atom stereocenters. The first kappa shape index (κ1) is 14.0. The van der Waals surface area contributed by atoms with Crippen molar-refractivity contribution in [2.75, 3.05) is 5.32 Å². The lowest BCUT2D eigenvalue weighted by atomic mass is 10.2. The zero-order valence-corrected chi connectivity index (χ0v) is 12.2. The molecule has 0 fully saturated rings. The molecule has 0 aliphatic rings. The molecule has 2 aromatic rings. The zero-order valence-electron chi connectivity index (χ0n) is 9.88. The first-order valence-corrected chi connectivity index (χ1v) is 6.54. The Morgan fingerprint density at radius 2 is 2.16 bits per heavy atom. The van der Waals surface area contributed by atoms with Gasteiger partial charge in [-0.2, -0.15) is 0 Å². The number of hydrogen-bond donors (Lipinski definition) is 1. The van der Waals surface area contributed by atoms with Crippen molar-refractivity contribution in [3.63, 3.8) is 0 Å². The fraction of sp³-hybridized carbons (Fsp3) is 0.0769. The molecule has 1 aromatic heterocycles. The number of carbonyl (C=O) groups excluding carboxylic acids is 1.